The van der Waals surface area contributed by atoms with E-state index in [1.165, 1.54) is 44.9 Å². The average Bonchev–Trinajstić information content (AvgIpc) is 3.30. The predicted octanol–water partition coefficient (Wildman–Crippen LogP) is 4.26. The van der Waals surface area contributed by atoms with Crippen molar-refractivity contribution in [2.24, 2.45) is 46.8 Å². The molecule has 174 valence electrons. The fourth-order valence-electron chi connectivity index (χ4n) is 9.16. The van der Waals surface area contributed by atoms with Crippen molar-refractivity contribution >= 4 is 0 Å². The third-order valence-electron chi connectivity index (χ3n) is 10.4. The van der Waals surface area contributed by atoms with Gasteiger partial charge in [0.2, 0.25) is 0 Å². The predicted molar refractivity (Wildman–Crippen MR) is 119 cm³/mol. The quantitative estimate of drug-likeness (QED) is 0.755. The first-order chi connectivity index (χ1) is 14.8. The van der Waals surface area contributed by atoms with E-state index in [0.717, 1.165) is 54.8 Å². The Balaban J connectivity index is 1.29. The standard InChI is InChI=1S/C25H42N4O2/c1-16(14-29-17(2)26-27-28-29)22-7-8-23-21-6-5-18-13-25(30,15-31-4)12-10-19(18)20(21)9-11-24(22,23)3/h16,18-23,30H,5-15H2,1-4H3/t16-,18-,19-,20+,21?,22+,23-,24+,25+/m0/s1. The van der Waals surface area contributed by atoms with E-state index in [4.69, 9.17) is 4.74 Å². The van der Waals surface area contributed by atoms with E-state index in [2.05, 4.69) is 29.4 Å². The van der Waals surface area contributed by atoms with E-state index in [1.807, 2.05) is 11.6 Å². The van der Waals surface area contributed by atoms with Crippen LogP contribution in [0.25, 0.3) is 0 Å². The van der Waals surface area contributed by atoms with Gasteiger partial charge in [-0.05, 0) is 122 Å². The van der Waals surface area contributed by atoms with Crippen molar-refractivity contribution in [3.63, 3.8) is 0 Å². The summed E-state index contributed by atoms with van der Waals surface area (Å²) in [6.07, 6.45) is 11.3. The highest BCUT2D eigenvalue weighted by molar-refractivity contribution is 5.07. The molecule has 1 aromatic heterocycles. The van der Waals surface area contributed by atoms with Gasteiger partial charge in [0.15, 0.2) is 0 Å². The Labute approximate surface area is 187 Å². The van der Waals surface area contributed by atoms with Crippen LogP contribution in [0.2, 0.25) is 0 Å². The summed E-state index contributed by atoms with van der Waals surface area (Å²) in [5.41, 5.74) is -0.102. The smallest absolute Gasteiger partial charge is 0.148 e. The maximum Gasteiger partial charge on any atom is 0.148 e. The van der Waals surface area contributed by atoms with Gasteiger partial charge in [-0.25, -0.2) is 4.68 Å². The van der Waals surface area contributed by atoms with E-state index in [0.29, 0.717) is 23.9 Å². The van der Waals surface area contributed by atoms with E-state index < -0.39 is 5.60 Å². The van der Waals surface area contributed by atoms with Crippen LogP contribution in [0.15, 0.2) is 0 Å². The Hall–Kier alpha value is -1.01. The van der Waals surface area contributed by atoms with Crippen molar-refractivity contribution < 1.29 is 9.84 Å². The van der Waals surface area contributed by atoms with E-state index in [-0.39, 0.29) is 0 Å². The zero-order valence-corrected chi connectivity index (χ0v) is 20.0. The SMILES string of the molecule is COC[C@@]1(O)CC[C@H]2[C@@H](CCC3[C@@H]2CC[C@]2(C)[C@@H]([C@@H](C)Cn4nnnc4C)CC[C@@H]32)C1. The van der Waals surface area contributed by atoms with Gasteiger partial charge in [-0.2, -0.15) is 0 Å². The minimum absolute atomic E-state index is 0.473. The van der Waals surface area contributed by atoms with Crippen LogP contribution in [0.3, 0.4) is 0 Å². The Morgan fingerprint density at radius 1 is 1.10 bits per heavy atom. The molecule has 1 heterocycles. The van der Waals surface area contributed by atoms with Crippen molar-refractivity contribution in [2.75, 3.05) is 13.7 Å². The highest BCUT2D eigenvalue weighted by Crippen LogP contribution is 2.65. The molecule has 9 atom stereocenters. The molecule has 0 aliphatic heterocycles. The summed E-state index contributed by atoms with van der Waals surface area (Å²) in [5.74, 6) is 6.54. The van der Waals surface area contributed by atoms with Crippen molar-refractivity contribution in [3.8, 4) is 0 Å². The van der Waals surface area contributed by atoms with Gasteiger partial charge in [0, 0.05) is 13.7 Å². The van der Waals surface area contributed by atoms with Crippen LogP contribution in [0.4, 0.5) is 0 Å². The Kier molecular flexibility index (Phi) is 5.69. The second-order valence-corrected chi connectivity index (χ2v) is 11.9. The summed E-state index contributed by atoms with van der Waals surface area (Å²) in [7, 11) is 1.72. The molecule has 1 N–H and O–H groups in total. The second kappa shape index (κ2) is 8.09. The maximum atomic E-state index is 11.0. The number of fused-ring (bicyclic) bond motifs is 5. The molecule has 0 aromatic carbocycles. The topological polar surface area (TPSA) is 73.1 Å². The lowest BCUT2D eigenvalue weighted by molar-refractivity contribution is -0.126. The molecule has 6 nitrogen and oxygen atoms in total. The number of hydrogen-bond donors (Lipinski definition) is 1. The molecule has 31 heavy (non-hydrogen) atoms. The van der Waals surface area contributed by atoms with Crippen LogP contribution in [0.1, 0.15) is 77.5 Å². The van der Waals surface area contributed by atoms with Gasteiger partial charge >= 0.3 is 0 Å². The molecule has 4 fully saturated rings. The number of aromatic nitrogens is 4. The number of methoxy groups -OCH3 is 1. The van der Waals surface area contributed by atoms with Crippen LogP contribution in [-0.4, -0.2) is 44.6 Å². The Morgan fingerprint density at radius 2 is 1.90 bits per heavy atom. The first-order valence-corrected chi connectivity index (χ1v) is 12.8. The highest BCUT2D eigenvalue weighted by atomic mass is 16.5. The zero-order valence-electron chi connectivity index (χ0n) is 20.0. The number of aliphatic hydroxyl groups is 1. The maximum absolute atomic E-state index is 11.0. The lowest BCUT2D eigenvalue weighted by Gasteiger charge is -2.57. The fourth-order valence-corrected chi connectivity index (χ4v) is 9.16. The molecule has 0 radical (unpaired) electrons. The third kappa shape index (κ3) is 3.66. The molecule has 0 bridgehead atoms. The zero-order chi connectivity index (χ0) is 21.8. The van der Waals surface area contributed by atoms with E-state index >= 15 is 0 Å². The Morgan fingerprint density at radius 3 is 2.65 bits per heavy atom. The van der Waals surface area contributed by atoms with E-state index in [1.54, 1.807) is 7.11 Å². The minimum Gasteiger partial charge on any atom is -0.387 e. The lowest BCUT2D eigenvalue weighted by Crippen LogP contribution is -2.52. The molecule has 0 amide bonds. The molecule has 0 saturated heterocycles. The highest BCUT2D eigenvalue weighted by Gasteiger charge is 2.58. The number of ether oxygens (including phenoxy) is 1. The monoisotopic (exact) mass is 430 g/mol. The number of aryl methyl sites for hydroxylation is 1. The molecule has 4 aliphatic rings. The summed E-state index contributed by atoms with van der Waals surface area (Å²) in [6, 6.07) is 0. The first-order valence-electron chi connectivity index (χ1n) is 12.8. The summed E-state index contributed by atoms with van der Waals surface area (Å²) in [6.45, 7) is 8.51. The van der Waals surface area contributed by atoms with Gasteiger partial charge in [-0.15, -0.1) is 5.10 Å². The minimum atomic E-state index is -0.575. The van der Waals surface area contributed by atoms with Crippen molar-refractivity contribution in [2.45, 2.75) is 90.7 Å². The molecule has 0 spiro atoms. The molecule has 6 heteroatoms. The number of hydrogen-bond acceptors (Lipinski definition) is 5. The van der Waals surface area contributed by atoms with Gasteiger partial charge in [-0.1, -0.05) is 13.8 Å². The Bertz CT molecular complexity index is 783. The normalized spacial score (nSPS) is 45.6. The number of tetrazole rings is 1. The van der Waals surface area contributed by atoms with Crippen LogP contribution in [-0.2, 0) is 11.3 Å². The van der Waals surface area contributed by atoms with Crippen LogP contribution in [0.5, 0.6) is 0 Å². The molecular weight excluding hydrogens is 388 g/mol. The number of nitrogens with zero attached hydrogens (tertiary/aromatic N) is 4. The van der Waals surface area contributed by atoms with Gasteiger partial charge in [-0.3, -0.25) is 0 Å². The van der Waals surface area contributed by atoms with Gasteiger partial charge < -0.3 is 9.84 Å². The lowest BCUT2D eigenvalue weighted by atomic mass is 9.48. The summed E-state index contributed by atoms with van der Waals surface area (Å²) < 4.78 is 7.36. The third-order valence-corrected chi connectivity index (χ3v) is 10.4. The van der Waals surface area contributed by atoms with Gasteiger partial charge in [0.05, 0.1) is 12.2 Å². The largest absolute Gasteiger partial charge is 0.387 e. The fraction of sp³-hybridized carbons (Fsp3) is 0.960. The van der Waals surface area contributed by atoms with Crippen molar-refractivity contribution in [3.05, 3.63) is 5.82 Å². The van der Waals surface area contributed by atoms with Gasteiger partial charge in [0.1, 0.15) is 5.82 Å². The molecule has 1 unspecified atom stereocenters. The summed E-state index contributed by atoms with van der Waals surface area (Å²) >= 11 is 0. The van der Waals surface area contributed by atoms with E-state index in [9.17, 15) is 5.11 Å². The molecule has 5 rings (SSSR count). The average molecular weight is 431 g/mol. The molecule has 4 aliphatic carbocycles. The van der Waals surface area contributed by atoms with Crippen LogP contribution in [0, 0.1) is 53.8 Å². The molecular formula is C25H42N4O2. The number of rotatable bonds is 5. The first kappa shape index (κ1) is 21.8. The summed E-state index contributed by atoms with van der Waals surface area (Å²) in [5, 5.41) is 23.1. The van der Waals surface area contributed by atoms with Crippen LogP contribution >= 0.6 is 0 Å². The van der Waals surface area contributed by atoms with Crippen molar-refractivity contribution in [1.29, 1.82) is 0 Å². The summed E-state index contributed by atoms with van der Waals surface area (Å²) in [4.78, 5) is 0. The van der Waals surface area contributed by atoms with Crippen LogP contribution < -0.4 is 0 Å². The van der Waals surface area contributed by atoms with Gasteiger partial charge in [0.25, 0.3) is 0 Å². The van der Waals surface area contributed by atoms with Crippen molar-refractivity contribution in [1.82, 2.24) is 20.2 Å². The molecule has 1 aromatic rings. The molecule has 4 saturated carbocycles. The second-order valence-electron chi connectivity index (χ2n) is 11.9.